The van der Waals surface area contributed by atoms with Gasteiger partial charge >= 0.3 is 5.52 Å². The molecule has 2 rings (SSSR count). The molecule has 0 spiro atoms. The average molecular weight is 197 g/mol. The zero-order valence-corrected chi connectivity index (χ0v) is 7.67. The second kappa shape index (κ2) is 2.81. The molecule has 1 aromatic carbocycles. The lowest BCUT2D eigenvalue weighted by Crippen LogP contribution is -2.21. The van der Waals surface area contributed by atoms with Crippen LogP contribution in [0.15, 0.2) is 18.2 Å². The van der Waals surface area contributed by atoms with Crippen molar-refractivity contribution >= 4 is 22.6 Å². The normalized spacial score (nSPS) is 10.6. The summed E-state index contributed by atoms with van der Waals surface area (Å²) in [7, 11) is 0. The Morgan fingerprint density at radius 2 is 2.31 bits per heavy atom. The van der Waals surface area contributed by atoms with E-state index in [-0.39, 0.29) is 5.28 Å². The van der Waals surface area contributed by atoms with Gasteiger partial charge in [0.05, 0.1) is 4.91 Å². The summed E-state index contributed by atoms with van der Waals surface area (Å²) in [5, 5.41) is 2.45. The minimum atomic E-state index is 0.0892. The summed E-state index contributed by atoms with van der Waals surface area (Å²) >= 11 is 5.58. The molecule has 66 valence electrons. The standard InChI is InChI=1S/C8H7ClN3O/c1-5-2-3-6-7(4-5)12(13)11-8(9)10-6/h2-4H,1H3,(H,10,11,13)/q+1. The van der Waals surface area contributed by atoms with Gasteiger partial charge in [0.2, 0.25) is 0 Å². The molecule has 1 aromatic heterocycles. The Balaban J connectivity index is 2.95. The lowest BCUT2D eigenvalue weighted by atomic mass is 10.2. The van der Waals surface area contributed by atoms with Gasteiger partial charge < -0.3 is 0 Å². The van der Waals surface area contributed by atoms with Crippen molar-refractivity contribution in [3.63, 3.8) is 0 Å². The molecule has 13 heavy (non-hydrogen) atoms. The van der Waals surface area contributed by atoms with Gasteiger partial charge in [0, 0.05) is 6.07 Å². The Kier molecular flexibility index (Phi) is 1.77. The van der Waals surface area contributed by atoms with Gasteiger partial charge in [0.1, 0.15) is 5.52 Å². The zero-order valence-electron chi connectivity index (χ0n) is 6.91. The number of aromatic nitrogens is 3. The first-order valence-electron chi connectivity index (χ1n) is 3.75. The van der Waals surface area contributed by atoms with Crippen molar-refractivity contribution in [3.05, 3.63) is 34.0 Å². The minimum absolute atomic E-state index is 0.0892. The largest absolute Gasteiger partial charge is 0.318 e. The number of halogens is 1. The Hall–Kier alpha value is -1.42. The molecule has 1 heterocycles. The monoisotopic (exact) mass is 196 g/mol. The highest BCUT2D eigenvalue weighted by Crippen LogP contribution is 2.09. The molecule has 0 atom stereocenters. The summed E-state index contributed by atoms with van der Waals surface area (Å²) in [6.45, 7) is 1.91. The maximum Gasteiger partial charge on any atom is 0.318 e. The van der Waals surface area contributed by atoms with Gasteiger partial charge in [-0.1, -0.05) is 11.2 Å². The number of aromatic amines is 1. The number of nitrogens with zero attached hydrogens (tertiary/aromatic N) is 2. The van der Waals surface area contributed by atoms with Gasteiger partial charge in [-0.25, -0.2) is 4.98 Å². The van der Waals surface area contributed by atoms with Crippen molar-refractivity contribution in [1.82, 2.24) is 10.1 Å². The van der Waals surface area contributed by atoms with Crippen LogP contribution in [0.2, 0.25) is 5.28 Å². The molecule has 0 fully saturated rings. The molecule has 0 unspecified atom stereocenters. The average Bonchev–Trinajstić information content (AvgIpc) is 2.06. The third-order valence-electron chi connectivity index (χ3n) is 1.76. The molecular formula is C8H7ClN3O+. The molecule has 5 heteroatoms. The predicted octanol–water partition coefficient (Wildman–Crippen LogP) is 1.44. The van der Waals surface area contributed by atoms with E-state index in [1.54, 1.807) is 12.1 Å². The predicted molar refractivity (Wildman–Crippen MR) is 49.2 cm³/mol. The van der Waals surface area contributed by atoms with E-state index in [2.05, 4.69) is 10.1 Å². The SMILES string of the molecule is Cc1ccc2nc(Cl)[nH][n+](=O)c2c1. The first kappa shape index (κ1) is 8.19. The van der Waals surface area contributed by atoms with E-state index < -0.39 is 0 Å². The quantitative estimate of drug-likeness (QED) is 0.649. The highest BCUT2D eigenvalue weighted by atomic mass is 35.5. The summed E-state index contributed by atoms with van der Waals surface area (Å²) in [5.41, 5.74) is 2.09. The maximum absolute atomic E-state index is 11.3. The molecule has 0 saturated carbocycles. The van der Waals surface area contributed by atoms with Crippen LogP contribution in [-0.4, -0.2) is 10.1 Å². The Labute approximate surface area is 78.8 Å². The molecule has 4 nitrogen and oxygen atoms in total. The van der Waals surface area contributed by atoms with Crippen molar-refractivity contribution < 1.29 is 4.54 Å². The fourth-order valence-electron chi connectivity index (χ4n) is 1.17. The molecule has 0 bridgehead atoms. The van der Waals surface area contributed by atoms with Crippen molar-refractivity contribution in [3.8, 4) is 0 Å². The van der Waals surface area contributed by atoms with E-state index >= 15 is 0 Å². The lowest BCUT2D eigenvalue weighted by Gasteiger charge is -1.91. The first-order chi connectivity index (χ1) is 6.16. The van der Waals surface area contributed by atoms with Crippen molar-refractivity contribution in [1.29, 1.82) is 0 Å². The van der Waals surface area contributed by atoms with Gasteiger partial charge in [-0.05, 0) is 30.2 Å². The van der Waals surface area contributed by atoms with Gasteiger partial charge in [-0.3, -0.25) is 0 Å². The third kappa shape index (κ3) is 1.40. The molecule has 0 aliphatic heterocycles. The molecule has 0 saturated heterocycles. The highest BCUT2D eigenvalue weighted by Gasteiger charge is 2.09. The Bertz CT molecular complexity index is 520. The van der Waals surface area contributed by atoms with Crippen molar-refractivity contribution in [2.24, 2.45) is 0 Å². The summed E-state index contributed by atoms with van der Waals surface area (Å²) in [4.78, 5) is 15.3. The summed E-state index contributed by atoms with van der Waals surface area (Å²) < 4.78 is 0.609. The molecule has 0 aliphatic carbocycles. The van der Waals surface area contributed by atoms with Crippen LogP contribution in [0.3, 0.4) is 0 Å². The molecular weight excluding hydrogens is 190 g/mol. The number of fused-ring (bicyclic) bond motifs is 1. The van der Waals surface area contributed by atoms with Gasteiger partial charge in [-0.15, -0.1) is 0 Å². The fourth-order valence-corrected chi connectivity index (χ4v) is 1.33. The number of benzene rings is 1. The lowest BCUT2D eigenvalue weighted by molar-refractivity contribution is -0.536. The molecule has 2 aromatic rings. The molecule has 0 radical (unpaired) electrons. The van der Waals surface area contributed by atoms with Gasteiger partial charge in [0.25, 0.3) is 5.28 Å². The Morgan fingerprint density at radius 3 is 3.08 bits per heavy atom. The second-order valence-electron chi connectivity index (χ2n) is 2.80. The van der Waals surface area contributed by atoms with Crippen molar-refractivity contribution in [2.75, 3.05) is 0 Å². The summed E-state index contributed by atoms with van der Waals surface area (Å²) in [6, 6.07) is 5.40. The van der Waals surface area contributed by atoms with Crippen LogP contribution in [0.25, 0.3) is 11.0 Å². The third-order valence-corrected chi connectivity index (χ3v) is 1.93. The summed E-state index contributed by atoms with van der Waals surface area (Å²) in [6.07, 6.45) is 0. The fraction of sp³-hybridized carbons (Fsp3) is 0.125. The van der Waals surface area contributed by atoms with Crippen LogP contribution in [-0.2, 0) is 0 Å². The van der Waals surface area contributed by atoms with E-state index in [0.717, 1.165) is 5.56 Å². The smallest absolute Gasteiger partial charge is 0.208 e. The number of hydrogen-bond acceptors (Lipinski definition) is 2. The van der Waals surface area contributed by atoms with Gasteiger partial charge in [0.15, 0.2) is 4.54 Å². The molecule has 0 aliphatic rings. The van der Waals surface area contributed by atoms with Crippen LogP contribution in [0.1, 0.15) is 5.56 Å². The van der Waals surface area contributed by atoms with Gasteiger partial charge in [-0.2, -0.15) is 0 Å². The minimum Gasteiger partial charge on any atom is -0.208 e. The topological polar surface area (TPSA) is 51.6 Å². The van der Waals surface area contributed by atoms with E-state index in [1.165, 1.54) is 0 Å². The second-order valence-corrected chi connectivity index (χ2v) is 3.16. The van der Waals surface area contributed by atoms with Crippen molar-refractivity contribution in [2.45, 2.75) is 6.92 Å². The number of nitrogens with one attached hydrogen (secondary N) is 1. The molecule has 1 N–H and O–H groups in total. The van der Waals surface area contributed by atoms with E-state index in [4.69, 9.17) is 11.6 Å². The zero-order chi connectivity index (χ0) is 9.42. The number of aryl methyl sites for hydroxylation is 1. The highest BCUT2D eigenvalue weighted by molar-refractivity contribution is 6.28. The number of hydrogen-bond donors (Lipinski definition) is 1. The van der Waals surface area contributed by atoms with Crippen LogP contribution in [0.4, 0.5) is 0 Å². The first-order valence-corrected chi connectivity index (χ1v) is 4.13. The Morgan fingerprint density at radius 1 is 1.54 bits per heavy atom. The van der Waals surface area contributed by atoms with E-state index in [0.29, 0.717) is 15.6 Å². The van der Waals surface area contributed by atoms with Crippen LogP contribution in [0.5, 0.6) is 0 Å². The molecule has 0 amide bonds. The van der Waals surface area contributed by atoms with E-state index in [1.807, 2.05) is 13.0 Å². The summed E-state index contributed by atoms with van der Waals surface area (Å²) in [5.74, 6) is 0. The van der Waals surface area contributed by atoms with Crippen LogP contribution < -0.4 is 4.54 Å². The van der Waals surface area contributed by atoms with Crippen LogP contribution >= 0.6 is 11.6 Å². The maximum atomic E-state index is 11.3. The number of rotatable bonds is 0. The van der Waals surface area contributed by atoms with E-state index in [9.17, 15) is 4.91 Å². The van der Waals surface area contributed by atoms with Crippen LogP contribution in [0, 0.1) is 11.8 Å². The number of H-pyrrole nitrogens is 1.